The second-order valence-corrected chi connectivity index (χ2v) is 5.81. The number of aliphatic hydroxyl groups excluding tert-OH is 1. The van der Waals surface area contributed by atoms with Crippen LogP contribution in [0.15, 0.2) is 36.8 Å². The lowest BCUT2D eigenvalue weighted by Crippen LogP contribution is -2.40. The van der Waals surface area contributed by atoms with Gasteiger partial charge in [0.05, 0.1) is 0 Å². The smallest absolute Gasteiger partial charge is 0.222 e. The number of aromatic nitrogens is 3. The van der Waals surface area contributed by atoms with Crippen LogP contribution in [0.3, 0.4) is 0 Å². The molecule has 3 heterocycles. The maximum Gasteiger partial charge on any atom is 0.222 e. The number of anilines is 2. The summed E-state index contributed by atoms with van der Waals surface area (Å²) in [6.07, 6.45) is 9.71. The second-order valence-electron chi connectivity index (χ2n) is 5.81. The van der Waals surface area contributed by atoms with E-state index in [-0.39, 0.29) is 6.61 Å². The number of rotatable bonds is 6. The summed E-state index contributed by atoms with van der Waals surface area (Å²) >= 11 is 0. The molecule has 0 saturated carbocycles. The van der Waals surface area contributed by atoms with Gasteiger partial charge in [0.25, 0.3) is 0 Å². The van der Waals surface area contributed by atoms with Crippen LogP contribution in [0.25, 0.3) is 0 Å². The summed E-state index contributed by atoms with van der Waals surface area (Å²) in [5, 5.41) is 12.4. The predicted octanol–water partition coefficient (Wildman–Crippen LogP) is 2.22. The van der Waals surface area contributed by atoms with Gasteiger partial charge in [-0.15, -0.1) is 0 Å². The number of piperidine rings is 1. The molecule has 1 fully saturated rings. The van der Waals surface area contributed by atoms with E-state index >= 15 is 0 Å². The van der Waals surface area contributed by atoms with Crippen LogP contribution in [0.5, 0.6) is 0 Å². The molecule has 1 aliphatic heterocycles. The number of pyridine rings is 1. The van der Waals surface area contributed by atoms with Crippen molar-refractivity contribution in [2.75, 3.05) is 23.4 Å². The van der Waals surface area contributed by atoms with Gasteiger partial charge in [0, 0.05) is 44.3 Å². The lowest BCUT2D eigenvalue weighted by Gasteiger charge is -2.36. The van der Waals surface area contributed by atoms with Crippen LogP contribution < -0.4 is 10.2 Å². The van der Waals surface area contributed by atoms with Crippen molar-refractivity contribution < 1.29 is 5.11 Å². The number of hydrogen-bond donors (Lipinski definition) is 2. The van der Waals surface area contributed by atoms with E-state index in [0.717, 1.165) is 30.8 Å². The Morgan fingerprint density at radius 2 is 2.04 bits per heavy atom. The number of nitrogens with zero attached hydrogens (tertiary/aromatic N) is 4. The minimum Gasteiger partial charge on any atom is -0.396 e. The van der Waals surface area contributed by atoms with E-state index in [1.165, 1.54) is 12.8 Å². The lowest BCUT2D eigenvalue weighted by atomic mass is 9.99. The Hall–Kier alpha value is -2.21. The largest absolute Gasteiger partial charge is 0.396 e. The van der Waals surface area contributed by atoms with Gasteiger partial charge in [0.15, 0.2) is 0 Å². The molecule has 23 heavy (non-hydrogen) atoms. The molecule has 0 amide bonds. The van der Waals surface area contributed by atoms with Crippen molar-refractivity contribution in [3.05, 3.63) is 42.4 Å². The highest BCUT2D eigenvalue weighted by Gasteiger charge is 2.22. The Balaban J connectivity index is 1.62. The van der Waals surface area contributed by atoms with Crippen LogP contribution in [0, 0.1) is 0 Å². The van der Waals surface area contributed by atoms with Crippen molar-refractivity contribution in [1.29, 1.82) is 0 Å². The van der Waals surface area contributed by atoms with Gasteiger partial charge in [0.1, 0.15) is 5.82 Å². The highest BCUT2D eigenvalue weighted by Crippen LogP contribution is 2.25. The van der Waals surface area contributed by atoms with Crippen molar-refractivity contribution in [3.8, 4) is 0 Å². The SMILES string of the molecule is OCC[C@H]1CCCCN1c1ccc(CNc2ncccn2)cn1. The standard InChI is InChI=1S/C17H23N5O/c23-11-7-15-4-1-2-10-22(15)16-6-5-14(12-20-16)13-21-17-18-8-3-9-19-17/h3,5-6,8-9,12,15,23H,1-2,4,7,10-11,13H2,(H,18,19,21)/t15-/m1/s1. The van der Waals surface area contributed by atoms with Crippen molar-refractivity contribution >= 4 is 11.8 Å². The molecule has 0 aromatic carbocycles. The summed E-state index contributed by atoms with van der Waals surface area (Å²) in [6.45, 7) is 1.91. The molecular formula is C17H23N5O. The topological polar surface area (TPSA) is 74.2 Å². The van der Waals surface area contributed by atoms with Crippen LogP contribution in [-0.2, 0) is 6.54 Å². The fourth-order valence-corrected chi connectivity index (χ4v) is 3.01. The third-order valence-electron chi connectivity index (χ3n) is 4.21. The average Bonchev–Trinajstić information content (AvgIpc) is 2.62. The summed E-state index contributed by atoms with van der Waals surface area (Å²) in [5.41, 5.74) is 1.09. The van der Waals surface area contributed by atoms with Crippen LogP contribution in [0.2, 0.25) is 0 Å². The van der Waals surface area contributed by atoms with Crippen molar-refractivity contribution in [3.63, 3.8) is 0 Å². The predicted molar refractivity (Wildman–Crippen MR) is 90.3 cm³/mol. The van der Waals surface area contributed by atoms with E-state index in [2.05, 4.69) is 37.3 Å². The van der Waals surface area contributed by atoms with Gasteiger partial charge in [-0.25, -0.2) is 15.0 Å². The van der Waals surface area contributed by atoms with Gasteiger partial charge in [0.2, 0.25) is 5.95 Å². The van der Waals surface area contributed by atoms with E-state index in [9.17, 15) is 5.11 Å². The minimum atomic E-state index is 0.236. The number of hydrogen-bond acceptors (Lipinski definition) is 6. The average molecular weight is 313 g/mol. The van der Waals surface area contributed by atoms with E-state index < -0.39 is 0 Å². The molecule has 1 saturated heterocycles. The van der Waals surface area contributed by atoms with E-state index in [1.54, 1.807) is 18.5 Å². The van der Waals surface area contributed by atoms with Crippen molar-refractivity contribution in [2.45, 2.75) is 38.3 Å². The zero-order chi connectivity index (χ0) is 15.9. The molecule has 0 radical (unpaired) electrons. The number of aliphatic hydroxyl groups is 1. The molecule has 1 aliphatic rings. The lowest BCUT2D eigenvalue weighted by molar-refractivity contribution is 0.262. The van der Waals surface area contributed by atoms with Crippen LogP contribution >= 0.6 is 0 Å². The molecule has 2 aromatic heterocycles. The van der Waals surface area contributed by atoms with E-state index in [4.69, 9.17) is 0 Å². The highest BCUT2D eigenvalue weighted by atomic mass is 16.3. The van der Waals surface area contributed by atoms with Crippen molar-refractivity contribution in [2.24, 2.45) is 0 Å². The quantitative estimate of drug-likeness (QED) is 0.852. The molecule has 1 atom stereocenters. The zero-order valence-electron chi connectivity index (χ0n) is 13.2. The second kappa shape index (κ2) is 7.87. The van der Waals surface area contributed by atoms with Crippen LogP contribution in [-0.4, -0.2) is 39.3 Å². The number of nitrogens with one attached hydrogen (secondary N) is 1. The minimum absolute atomic E-state index is 0.236. The Kier molecular flexibility index (Phi) is 5.37. The van der Waals surface area contributed by atoms with Crippen LogP contribution in [0.1, 0.15) is 31.2 Å². The molecular weight excluding hydrogens is 290 g/mol. The van der Waals surface area contributed by atoms with Gasteiger partial charge >= 0.3 is 0 Å². The van der Waals surface area contributed by atoms with E-state index in [0.29, 0.717) is 18.5 Å². The first-order valence-corrected chi connectivity index (χ1v) is 8.20. The first kappa shape index (κ1) is 15.7. The Morgan fingerprint density at radius 1 is 1.17 bits per heavy atom. The van der Waals surface area contributed by atoms with Crippen LogP contribution in [0.4, 0.5) is 11.8 Å². The van der Waals surface area contributed by atoms with Gasteiger partial charge in [-0.3, -0.25) is 0 Å². The molecule has 0 unspecified atom stereocenters. The summed E-state index contributed by atoms with van der Waals surface area (Å²) in [7, 11) is 0. The van der Waals surface area contributed by atoms with Gasteiger partial charge in [-0.1, -0.05) is 6.07 Å². The zero-order valence-corrected chi connectivity index (χ0v) is 13.2. The summed E-state index contributed by atoms with van der Waals surface area (Å²) in [6, 6.07) is 6.35. The maximum absolute atomic E-state index is 9.24. The third-order valence-corrected chi connectivity index (χ3v) is 4.21. The molecule has 6 heteroatoms. The maximum atomic E-state index is 9.24. The first-order valence-electron chi connectivity index (χ1n) is 8.20. The fourth-order valence-electron chi connectivity index (χ4n) is 3.01. The normalized spacial score (nSPS) is 18.0. The molecule has 0 aliphatic carbocycles. The first-order chi connectivity index (χ1) is 11.4. The molecule has 0 bridgehead atoms. The third kappa shape index (κ3) is 4.16. The van der Waals surface area contributed by atoms with E-state index in [1.807, 2.05) is 6.20 Å². The summed E-state index contributed by atoms with van der Waals surface area (Å²) < 4.78 is 0. The Labute approximate surface area is 136 Å². The van der Waals surface area contributed by atoms with Gasteiger partial charge in [-0.05, 0) is 43.4 Å². The summed E-state index contributed by atoms with van der Waals surface area (Å²) in [5.74, 6) is 1.62. The van der Waals surface area contributed by atoms with Crippen molar-refractivity contribution in [1.82, 2.24) is 15.0 Å². The van der Waals surface area contributed by atoms with Gasteiger partial charge < -0.3 is 15.3 Å². The molecule has 3 rings (SSSR count). The van der Waals surface area contributed by atoms with Gasteiger partial charge in [-0.2, -0.15) is 0 Å². The molecule has 2 N–H and O–H groups in total. The molecule has 0 spiro atoms. The monoisotopic (exact) mass is 313 g/mol. The molecule has 2 aromatic rings. The fraction of sp³-hybridized carbons (Fsp3) is 0.471. The Morgan fingerprint density at radius 3 is 2.78 bits per heavy atom. The Bertz CT molecular complexity index is 588. The molecule has 122 valence electrons. The molecule has 6 nitrogen and oxygen atoms in total. The summed E-state index contributed by atoms with van der Waals surface area (Å²) in [4.78, 5) is 15.2. The highest BCUT2D eigenvalue weighted by molar-refractivity contribution is 5.41.